The number of aliphatic imine (C=N–C) groups is 2. The molecule has 1 aromatic carbocycles. The van der Waals surface area contributed by atoms with Crippen LogP contribution in [0, 0.1) is 5.92 Å². The Morgan fingerprint density at radius 1 is 1.15 bits per heavy atom. The highest BCUT2D eigenvalue weighted by Gasteiger charge is 2.62. The van der Waals surface area contributed by atoms with Crippen LogP contribution in [0.3, 0.4) is 0 Å². The van der Waals surface area contributed by atoms with Gasteiger partial charge in [-0.1, -0.05) is 24.3 Å². The molecule has 0 aromatic heterocycles. The van der Waals surface area contributed by atoms with Crippen molar-refractivity contribution in [2.75, 3.05) is 0 Å². The zero-order valence-electron chi connectivity index (χ0n) is 9.95. The summed E-state index contributed by atoms with van der Waals surface area (Å²) in [5, 5.41) is 12.9. The van der Waals surface area contributed by atoms with Crippen LogP contribution in [-0.2, 0) is 10.4 Å². The minimum atomic E-state index is -1.84. The molecule has 2 N–H and O–H groups in total. The number of imide groups is 1. The fourth-order valence-electron chi connectivity index (χ4n) is 2.94. The minimum absolute atomic E-state index is 0.112. The first-order valence-corrected chi connectivity index (χ1v) is 5.92. The second-order valence-electron chi connectivity index (χ2n) is 4.80. The number of nitrogens with one attached hydrogen (secondary N) is 1. The van der Waals surface area contributed by atoms with Gasteiger partial charge in [-0.25, -0.2) is 9.79 Å². The Kier molecular flexibility index (Phi) is 1.82. The third kappa shape index (κ3) is 1.07. The molecule has 3 aliphatic rings. The van der Waals surface area contributed by atoms with E-state index in [1.165, 1.54) is 0 Å². The molecule has 2 unspecified atom stereocenters. The van der Waals surface area contributed by atoms with Crippen LogP contribution in [0.2, 0.25) is 0 Å². The van der Waals surface area contributed by atoms with Crippen molar-refractivity contribution >= 4 is 29.3 Å². The van der Waals surface area contributed by atoms with E-state index in [2.05, 4.69) is 9.98 Å². The van der Waals surface area contributed by atoms with Gasteiger partial charge in [-0.05, 0) is 0 Å². The summed E-state index contributed by atoms with van der Waals surface area (Å²) in [7, 11) is 0. The molecule has 3 amide bonds. The molecule has 2 aliphatic heterocycles. The lowest BCUT2D eigenvalue weighted by atomic mass is 9.82. The van der Waals surface area contributed by atoms with Crippen molar-refractivity contribution in [1.82, 2.24) is 5.32 Å². The number of carbonyl (C=O) groups is 3. The van der Waals surface area contributed by atoms with Crippen molar-refractivity contribution in [3.05, 3.63) is 35.4 Å². The highest BCUT2D eigenvalue weighted by Crippen LogP contribution is 2.45. The zero-order chi connectivity index (χ0) is 14.1. The third-order valence-electron chi connectivity index (χ3n) is 3.77. The molecule has 2 atom stereocenters. The van der Waals surface area contributed by atoms with Crippen molar-refractivity contribution in [3.63, 3.8) is 0 Å². The van der Waals surface area contributed by atoms with Crippen LogP contribution in [0.25, 0.3) is 0 Å². The molecule has 1 aliphatic carbocycles. The molecule has 0 fully saturated rings. The van der Waals surface area contributed by atoms with Crippen molar-refractivity contribution in [1.29, 1.82) is 0 Å². The summed E-state index contributed by atoms with van der Waals surface area (Å²) in [6.45, 7) is 0. The minimum Gasteiger partial charge on any atom is -0.377 e. The van der Waals surface area contributed by atoms with Gasteiger partial charge in [0.05, 0.1) is 0 Å². The van der Waals surface area contributed by atoms with Gasteiger partial charge in [0, 0.05) is 11.1 Å². The number of fused-ring (bicyclic) bond motifs is 5. The SMILES string of the molecule is O=C1N=C2N=C3C(=O)c4ccccc4C3(O)C2C(=O)N1. The van der Waals surface area contributed by atoms with Gasteiger partial charge < -0.3 is 5.11 Å². The topological polar surface area (TPSA) is 108 Å². The lowest BCUT2D eigenvalue weighted by Gasteiger charge is -2.27. The normalized spacial score (nSPS) is 30.2. The molecule has 2 heterocycles. The summed E-state index contributed by atoms with van der Waals surface area (Å²) in [4.78, 5) is 43.0. The second kappa shape index (κ2) is 3.26. The first-order valence-electron chi connectivity index (χ1n) is 5.92. The first kappa shape index (κ1) is 11.2. The number of nitrogens with zero attached hydrogens (tertiary/aromatic N) is 2. The number of amides is 3. The number of urea groups is 1. The Hall–Kier alpha value is -2.67. The van der Waals surface area contributed by atoms with Crippen LogP contribution < -0.4 is 5.32 Å². The van der Waals surface area contributed by atoms with Crippen LogP contribution in [-0.4, -0.2) is 34.4 Å². The molecule has 0 saturated carbocycles. The Morgan fingerprint density at radius 2 is 1.90 bits per heavy atom. The van der Waals surface area contributed by atoms with Crippen LogP contribution in [0.4, 0.5) is 4.79 Å². The summed E-state index contributed by atoms with van der Waals surface area (Å²) < 4.78 is 0. The Balaban J connectivity index is 2.02. The summed E-state index contributed by atoms with van der Waals surface area (Å²) in [5.74, 6) is -2.42. The van der Waals surface area contributed by atoms with Gasteiger partial charge in [-0.15, -0.1) is 0 Å². The molecular weight excluding hydrogens is 262 g/mol. The number of amidine groups is 1. The van der Waals surface area contributed by atoms with E-state index in [0.717, 1.165) is 0 Å². The number of Topliss-reactive ketones (excluding diaryl/α,β-unsaturated/α-hetero) is 1. The molecule has 20 heavy (non-hydrogen) atoms. The van der Waals surface area contributed by atoms with Gasteiger partial charge in [0.15, 0.2) is 11.4 Å². The number of benzene rings is 1. The number of hydrogen-bond acceptors (Lipinski definition) is 5. The van der Waals surface area contributed by atoms with Crippen LogP contribution >= 0.6 is 0 Å². The van der Waals surface area contributed by atoms with E-state index in [9.17, 15) is 19.5 Å². The molecule has 7 heteroatoms. The molecule has 98 valence electrons. The lowest BCUT2D eigenvalue weighted by molar-refractivity contribution is -0.126. The highest BCUT2D eigenvalue weighted by molar-refractivity contribution is 6.56. The van der Waals surface area contributed by atoms with Crippen molar-refractivity contribution < 1.29 is 19.5 Å². The Morgan fingerprint density at radius 3 is 2.70 bits per heavy atom. The zero-order valence-corrected chi connectivity index (χ0v) is 9.95. The van der Waals surface area contributed by atoms with Gasteiger partial charge in [0.1, 0.15) is 11.6 Å². The number of hydrogen-bond donors (Lipinski definition) is 2. The van der Waals surface area contributed by atoms with E-state index < -0.39 is 29.2 Å². The van der Waals surface area contributed by atoms with Crippen LogP contribution in [0.15, 0.2) is 34.3 Å². The number of aliphatic hydroxyl groups is 1. The molecule has 0 radical (unpaired) electrons. The van der Waals surface area contributed by atoms with E-state index in [4.69, 9.17) is 0 Å². The summed E-state index contributed by atoms with van der Waals surface area (Å²) in [5.41, 5.74) is -1.34. The molecule has 4 rings (SSSR count). The molecule has 0 bridgehead atoms. The lowest BCUT2D eigenvalue weighted by Crippen LogP contribution is -2.51. The van der Waals surface area contributed by atoms with E-state index in [1.54, 1.807) is 24.3 Å². The van der Waals surface area contributed by atoms with Gasteiger partial charge in [-0.2, -0.15) is 4.99 Å². The number of carbonyl (C=O) groups excluding carboxylic acids is 3. The molecule has 0 spiro atoms. The van der Waals surface area contributed by atoms with E-state index >= 15 is 0 Å². The predicted octanol–water partition coefficient (Wildman–Crippen LogP) is -0.210. The quantitative estimate of drug-likeness (QED) is 0.679. The van der Waals surface area contributed by atoms with Gasteiger partial charge in [0.25, 0.3) is 0 Å². The van der Waals surface area contributed by atoms with Gasteiger partial charge >= 0.3 is 6.03 Å². The second-order valence-corrected chi connectivity index (χ2v) is 4.80. The monoisotopic (exact) mass is 269 g/mol. The summed E-state index contributed by atoms with van der Waals surface area (Å²) >= 11 is 0. The maximum Gasteiger partial charge on any atom is 0.349 e. The predicted molar refractivity (Wildman–Crippen MR) is 66.6 cm³/mol. The van der Waals surface area contributed by atoms with E-state index in [1.807, 2.05) is 5.32 Å². The average Bonchev–Trinajstić information content (AvgIpc) is 2.81. The fourth-order valence-corrected chi connectivity index (χ4v) is 2.94. The Bertz CT molecular complexity index is 780. The molecule has 0 saturated heterocycles. The number of rotatable bonds is 0. The summed E-state index contributed by atoms with van der Waals surface area (Å²) in [6.07, 6.45) is 0. The number of ketones is 1. The maximum absolute atomic E-state index is 12.3. The van der Waals surface area contributed by atoms with Crippen molar-refractivity contribution in [2.24, 2.45) is 15.9 Å². The van der Waals surface area contributed by atoms with Crippen molar-refractivity contribution in [3.8, 4) is 0 Å². The van der Waals surface area contributed by atoms with E-state index in [0.29, 0.717) is 11.1 Å². The third-order valence-corrected chi connectivity index (χ3v) is 3.77. The van der Waals surface area contributed by atoms with Crippen LogP contribution in [0.1, 0.15) is 15.9 Å². The first-order chi connectivity index (χ1) is 9.53. The molecular formula is C13H7N3O4. The molecule has 7 nitrogen and oxygen atoms in total. The fraction of sp³-hybridized carbons (Fsp3) is 0.154. The Labute approximate surface area is 112 Å². The van der Waals surface area contributed by atoms with Crippen LogP contribution in [0.5, 0.6) is 0 Å². The van der Waals surface area contributed by atoms with Gasteiger partial charge in [-0.3, -0.25) is 14.9 Å². The smallest absolute Gasteiger partial charge is 0.349 e. The highest BCUT2D eigenvalue weighted by atomic mass is 16.3. The van der Waals surface area contributed by atoms with Gasteiger partial charge in [0.2, 0.25) is 11.7 Å². The largest absolute Gasteiger partial charge is 0.377 e. The van der Waals surface area contributed by atoms with E-state index in [-0.39, 0.29) is 11.5 Å². The standard InChI is InChI=1S/C13H7N3O4/c17-8-5-3-1-2-4-6(5)13(20)7-10(14-9(8)13)15-12(19)16-11(7)18/h1-4,7,20H,(H,16,18,19). The average molecular weight is 269 g/mol. The molecule has 1 aromatic rings. The van der Waals surface area contributed by atoms with Crippen molar-refractivity contribution in [2.45, 2.75) is 5.60 Å². The summed E-state index contributed by atoms with van der Waals surface area (Å²) in [6, 6.07) is 5.63. The maximum atomic E-state index is 12.3.